The van der Waals surface area contributed by atoms with Crippen molar-refractivity contribution in [1.82, 2.24) is 9.78 Å². The summed E-state index contributed by atoms with van der Waals surface area (Å²) in [4.78, 5) is 12.7. The van der Waals surface area contributed by atoms with Crippen molar-refractivity contribution in [3.63, 3.8) is 0 Å². The summed E-state index contributed by atoms with van der Waals surface area (Å²) in [5.41, 5.74) is 1.30. The van der Waals surface area contributed by atoms with E-state index in [0.29, 0.717) is 16.9 Å². The van der Waals surface area contributed by atoms with Crippen LogP contribution in [0, 0.1) is 6.92 Å². The number of nitrogens with one attached hydrogen (secondary N) is 1. The molecule has 0 bridgehead atoms. The number of amides is 1. The maximum Gasteiger partial charge on any atom is 0.265 e. The molecule has 8 heteroatoms. The number of aryl methyl sites for hydroxylation is 2. The summed E-state index contributed by atoms with van der Waals surface area (Å²) in [7, 11) is -2.03. The molecule has 1 N–H and O–H groups in total. The number of nitrogens with zero attached hydrogens (tertiary/aromatic N) is 3. The van der Waals surface area contributed by atoms with Gasteiger partial charge in [-0.3, -0.25) is 13.8 Å². The van der Waals surface area contributed by atoms with Gasteiger partial charge in [0.2, 0.25) is 5.91 Å². The Morgan fingerprint density at radius 2 is 1.92 bits per heavy atom. The largest absolute Gasteiger partial charge is 0.309 e. The number of aromatic nitrogens is 2. The van der Waals surface area contributed by atoms with Gasteiger partial charge in [-0.1, -0.05) is 24.3 Å². The van der Waals surface area contributed by atoms with Crippen LogP contribution in [0.5, 0.6) is 0 Å². The number of benzene rings is 2. The number of rotatable bonds is 3. The monoisotopic (exact) mass is 356 g/mol. The topological polar surface area (TPSA) is 84.3 Å². The van der Waals surface area contributed by atoms with E-state index in [-0.39, 0.29) is 11.4 Å². The van der Waals surface area contributed by atoms with Gasteiger partial charge >= 0.3 is 0 Å². The molecule has 0 fully saturated rings. The molecule has 0 atom stereocenters. The molecule has 25 heavy (non-hydrogen) atoms. The van der Waals surface area contributed by atoms with Crippen molar-refractivity contribution in [3.05, 3.63) is 48.2 Å². The summed E-state index contributed by atoms with van der Waals surface area (Å²) in [6.45, 7) is 1.53. The first-order valence-corrected chi connectivity index (χ1v) is 9.17. The van der Waals surface area contributed by atoms with Crippen molar-refractivity contribution in [2.75, 3.05) is 16.2 Å². The Kier molecular flexibility index (Phi) is 3.33. The van der Waals surface area contributed by atoms with Gasteiger partial charge in [0.1, 0.15) is 12.4 Å². The molecule has 0 spiro atoms. The highest BCUT2D eigenvalue weighted by Gasteiger charge is 2.36. The van der Waals surface area contributed by atoms with E-state index in [9.17, 15) is 13.2 Å². The summed E-state index contributed by atoms with van der Waals surface area (Å²) in [5.74, 6) is 0.103. The zero-order valence-corrected chi connectivity index (χ0v) is 14.5. The first-order valence-electron chi connectivity index (χ1n) is 7.73. The minimum Gasteiger partial charge on any atom is -0.309 e. The summed E-state index contributed by atoms with van der Waals surface area (Å²) >= 11 is 0. The Morgan fingerprint density at radius 3 is 2.60 bits per heavy atom. The standard InChI is InChI=1S/C17H16N4O3S/c1-11-9-15(20(2)19-11)18-16(22)10-21-13-7-3-5-12-6-4-8-14(17(12)13)25(21,23)24/h3-9H,10H2,1-2H3,(H,18,22). The van der Waals surface area contributed by atoms with Crippen molar-refractivity contribution in [1.29, 1.82) is 0 Å². The highest BCUT2D eigenvalue weighted by atomic mass is 32.2. The molecule has 1 aliphatic heterocycles. The van der Waals surface area contributed by atoms with Gasteiger partial charge in [0, 0.05) is 18.5 Å². The molecular formula is C17H16N4O3S. The second-order valence-electron chi connectivity index (χ2n) is 5.99. The van der Waals surface area contributed by atoms with Gasteiger partial charge in [-0.25, -0.2) is 8.42 Å². The molecule has 1 aliphatic rings. The average molecular weight is 356 g/mol. The second-order valence-corrected chi connectivity index (χ2v) is 7.82. The quantitative estimate of drug-likeness (QED) is 0.778. The average Bonchev–Trinajstić information content (AvgIpc) is 2.98. The van der Waals surface area contributed by atoms with Crippen LogP contribution < -0.4 is 9.62 Å². The lowest BCUT2D eigenvalue weighted by Gasteiger charge is -2.18. The van der Waals surface area contributed by atoms with Crippen LogP contribution in [-0.4, -0.2) is 30.7 Å². The molecule has 2 heterocycles. The van der Waals surface area contributed by atoms with E-state index in [1.165, 1.54) is 0 Å². The molecule has 0 saturated carbocycles. The molecule has 128 valence electrons. The van der Waals surface area contributed by atoms with Crippen molar-refractivity contribution in [2.45, 2.75) is 11.8 Å². The van der Waals surface area contributed by atoms with Crippen molar-refractivity contribution in [2.24, 2.45) is 7.05 Å². The lowest BCUT2D eigenvalue weighted by atomic mass is 10.1. The van der Waals surface area contributed by atoms with Crippen LogP contribution in [0.2, 0.25) is 0 Å². The van der Waals surface area contributed by atoms with Gasteiger partial charge in [-0.2, -0.15) is 5.10 Å². The fourth-order valence-electron chi connectivity index (χ4n) is 3.17. The molecule has 0 unspecified atom stereocenters. The van der Waals surface area contributed by atoms with Gasteiger partial charge in [-0.05, 0) is 24.4 Å². The number of hydrogen-bond donors (Lipinski definition) is 1. The van der Waals surface area contributed by atoms with Crippen LogP contribution in [0.4, 0.5) is 11.5 Å². The van der Waals surface area contributed by atoms with Crippen LogP contribution in [0.1, 0.15) is 5.69 Å². The van der Waals surface area contributed by atoms with E-state index in [1.807, 2.05) is 19.1 Å². The van der Waals surface area contributed by atoms with E-state index in [4.69, 9.17) is 0 Å². The fourth-order valence-corrected chi connectivity index (χ4v) is 4.84. The summed E-state index contributed by atoms with van der Waals surface area (Å²) in [6, 6.07) is 12.2. The molecule has 0 saturated heterocycles. The molecule has 0 radical (unpaired) electrons. The Hall–Kier alpha value is -2.87. The van der Waals surface area contributed by atoms with Crippen LogP contribution in [0.15, 0.2) is 47.4 Å². The minimum absolute atomic E-state index is 0.241. The predicted molar refractivity (Wildman–Crippen MR) is 95.1 cm³/mol. The van der Waals surface area contributed by atoms with Crippen LogP contribution in [0.3, 0.4) is 0 Å². The molecular weight excluding hydrogens is 340 g/mol. The SMILES string of the molecule is Cc1cc(NC(=O)CN2c3cccc4cccc(c34)S2(=O)=O)n(C)n1. The zero-order chi connectivity index (χ0) is 17.8. The molecule has 1 amide bonds. The van der Waals surface area contributed by atoms with E-state index in [1.54, 1.807) is 42.1 Å². The van der Waals surface area contributed by atoms with Crippen molar-refractivity contribution >= 4 is 38.2 Å². The summed E-state index contributed by atoms with van der Waals surface area (Å²) in [6.07, 6.45) is 0. The number of sulfonamides is 1. The lowest BCUT2D eigenvalue weighted by Crippen LogP contribution is -2.35. The van der Waals surface area contributed by atoms with E-state index in [2.05, 4.69) is 10.4 Å². The number of carbonyl (C=O) groups excluding carboxylic acids is 1. The van der Waals surface area contributed by atoms with E-state index < -0.39 is 15.9 Å². The highest BCUT2D eigenvalue weighted by Crippen LogP contribution is 2.41. The third-order valence-electron chi connectivity index (χ3n) is 4.24. The predicted octanol–water partition coefficient (Wildman–Crippen LogP) is 2.03. The maximum atomic E-state index is 12.9. The van der Waals surface area contributed by atoms with E-state index >= 15 is 0 Å². The third-order valence-corrected chi connectivity index (χ3v) is 6.04. The molecule has 7 nitrogen and oxygen atoms in total. The van der Waals surface area contributed by atoms with E-state index in [0.717, 1.165) is 15.4 Å². The van der Waals surface area contributed by atoms with Gasteiger partial charge in [0.05, 0.1) is 16.3 Å². The Labute approximate surface area is 144 Å². The smallest absolute Gasteiger partial charge is 0.265 e. The molecule has 2 aromatic carbocycles. The van der Waals surface area contributed by atoms with Gasteiger partial charge < -0.3 is 5.32 Å². The number of carbonyl (C=O) groups is 1. The first-order chi connectivity index (χ1) is 11.9. The Bertz CT molecular complexity index is 1110. The number of anilines is 2. The lowest BCUT2D eigenvalue weighted by molar-refractivity contribution is -0.114. The first kappa shape index (κ1) is 15.6. The second kappa shape index (κ2) is 5.32. The summed E-state index contributed by atoms with van der Waals surface area (Å²) < 4.78 is 28.4. The molecule has 0 aliphatic carbocycles. The molecule has 4 rings (SSSR count). The van der Waals surface area contributed by atoms with Crippen molar-refractivity contribution < 1.29 is 13.2 Å². The Balaban J connectivity index is 1.69. The highest BCUT2D eigenvalue weighted by molar-refractivity contribution is 7.93. The number of hydrogen-bond acceptors (Lipinski definition) is 4. The zero-order valence-electron chi connectivity index (χ0n) is 13.7. The van der Waals surface area contributed by atoms with Gasteiger partial charge in [0.15, 0.2) is 0 Å². The molecule has 1 aromatic heterocycles. The Morgan fingerprint density at radius 1 is 1.20 bits per heavy atom. The molecule has 3 aromatic rings. The maximum absolute atomic E-state index is 12.9. The summed E-state index contributed by atoms with van der Waals surface area (Å²) in [5, 5.41) is 8.37. The van der Waals surface area contributed by atoms with Gasteiger partial charge in [-0.15, -0.1) is 0 Å². The normalized spacial score (nSPS) is 14.9. The minimum atomic E-state index is -3.74. The fraction of sp³-hybridized carbons (Fsp3) is 0.176. The van der Waals surface area contributed by atoms with Crippen LogP contribution in [-0.2, 0) is 21.9 Å². The van der Waals surface area contributed by atoms with Gasteiger partial charge in [0.25, 0.3) is 10.0 Å². The van der Waals surface area contributed by atoms with Crippen LogP contribution in [0.25, 0.3) is 10.8 Å². The van der Waals surface area contributed by atoms with Crippen molar-refractivity contribution in [3.8, 4) is 0 Å². The third kappa shape index (κ3) is 2.37. The van der Waals surface area contributed by atoms with Crippen LogP contribution >= 0.6 is 0 Å².